The fourth-order valence-electron chi connectivity index (χ4n) is 3.12. The lowest BCUT2D eigenvalue weighted by Crippen LogP contribution is -2.39. The van der Waals surface area contributed by atoms with Crippen LogP contribution in [-0.4, -0.2) is 33.9 Å². The molecule has 1 aliphatic rings. The molecular weight excluding hydrogens is 262 g/mol. The van der Waals surface area contributed by atoms with E-state index in [-0.39, 0.29) is 5.92 Å². The van der Waals surface area contributed by atoms with Crippen molar-refractivity contribution < 1.29 is 4.79 Å². The number of hydrogen-bond donors (Lipinski definition) is 1. The summed E-state index contributed by atoms with van der Waals surface area (Å²) in [6.07, 6.45) is 7.22. The van der Waals surface area contributed by atoms with E-state index < -0.39 is 0 Å². The van der Waals surface area contributed by atoms with Gasteiger partial charge in [0.05, 0.1) is 5.69 Å². The summed E-state index contributed by atoms with van der Waals surface area (Å²) in [6.45, 7) is 8.19. The molecule has 0 saturated heterocycles. The van der Waals surface area contributed by atoms with Gasteiger partial charge in [0.2, 0.25) is 5.91 Å². The van der Waals surface area contributed by atoms with Crippen molar-refractivity contribution in [1.29, 1.82) is 0 Å². The Kier molecular flexibility index (Phi) is 5.83. The fraction of sp³-hybridized carbons (Fsp3) is 0.765. The van der Waals surface area contributed by atoms with E-state index in [0.29, 0.717) is 5.91 Å². The predicted octanol–water partition coefficient (Wildman–Crippen LogP) is 3.25. The third kappa shape index (κ3) is 4.08. The van der Waals surface area contributed by atoms with E-state index >= 15 is 0 Å². The lowest BCUT2D eigenvalue weighted by Gasteiger charge is -2.29. The van der Waals surface area contributed by atoms with Crippen LogP contribution in [0.25, 0.3) is 0 Å². The first-order valence-corrected chi connectivity index (χ1v) is 8.48. The summed E-state index contributed by atoms with van der Waals surface area (Å²) in [6, 6.07) is 0. The van der Waals surface area contributed by atoms with Crippen molar-refractivity contribution in [2.24, 2.45) is 5.92 Å². The monoisotopic (exact) mass is 291 g/mol. The summed E-state index contributed by atoms with van der Waals surface area (Å²) >= 11 is 0. The number of nitrogens with one attached hydrogen (secondary N) is 1. The van der Waals surface area contributed by atoms with Crippen molar-refractivity contribution in [2.75, 3.05) is 13.1 Å². The summed E-state index contributed by atoms with van der Waals surface area (Å²) in [7, 11) is 0. The Morgan fingerprint density at radius 3 is 2.57 bits per heavy atom. The Balaban J connectivity index is 1.99. The molecule has 0 radical (unpaired) electrons. The first-order valence-electron chi connectivity index (χ1n) is 8.48. The largest absolute Gasteiger partial charge is 0.346 e. The van der Waals surface area contributed by atoms with Crippen molar-refractivity contribution in [3.63, 3.8) is 0 Å². The Morgan fingerprint density at radius 1 is 1.29 bits per heavy atom. The number of aryl methyl sites for hydroxylation is 2. The maximum Gasteiger partial charge on any atom is 0.226 e. The van der Waals surface area contributed by atoms with E-state index in [9.17, 15) is 4.79 Å². The first-order chi connectivity index (χ1) is 10.2. The van der Waals surface area contributed by atoms with Crippen LogP contribution in [0.5, 0.6) is 0 Å². The molecular formula is C17H29N3O. The van der Waals surface area contributed by atoms with Crippen LogP contribution in [0.15, 0.2) is 0 Å². The molecule has 4 nitrogen and oxygen atoms in total. The molecule has 1 atom stereocenters. The zero-order valence-electron chi connectivity index (χ0n) is 13.7. The number of nitrogens with zero attached hydrogens (tertiary/aromatic N) is 2. The average Bonchev–Trinajstić information content (AvgIpc) is 2.85. The highest BCUT2D eigenvalue weighted by Gasteiger charge is 2.29. The normalized spacial score (nSPS) is 17.6. The van der Waals surface area contributed by atoms with Gasteiger partial charge in [-0.2, -0.15) is 0 Å². The summed E-state index contributed by atoms with van der Waals surface area (Å²) in [5.41, 5.74) is 2.35. The summed E-state index contributed by atoms with van der Waals surface area (Å²) < 4.78 is 0. The average molecular weight is 291 g/mol. The van der Waals surface area contributed by atoms with E-state index in [2.05, 4.69) is 28.7 Å². The van der Waals surface area contributed by atoms with E-state index in [1.165, 1.54) is 11.4 Å². The number of rotatable bonds is 7. The summed E-state index contributed by atoms with van der Waals surface area (Å²) in [5.74, 6) is 1.47. The number of carbonyl (C=O) groups excluding carboxylic acids is 1. The SMILES string of the molecule is CCCCN(CCCC)C(=O)[C@@H]1CCc2nc(C)[nH]c2C1. The molecule has 2 rings (SSSR count). The topological polar surface area (TPSA) is 49.0 Å². The maximum absolute atomic E-state index is 12.8. The Hall–Kier alpha value is -1.32. The van der Waals surface area contributed by atoms with Gasteiger partial charge in [0.15, 0.2) is 0 Å². The van der Waals surface area contributed by atoms with Gasteiger partial charge in [-0.15, -0.1) is 0 Å². The molecule has 1 heterocycles. The molecule has 1 aliphatic carbocycles. The van der Waals surface area contributed by atoms with Crippen molar-refractivity contribution in [2.45, 2.75) is 65.7 Å². The Bertz CT molecular complexity index is 459. The molecule has 0 unspecified atom stereocenters. The van der Waals surface area contributed by atoms with Crippen LogP contribution >= 0.6 is 0 Å². The molecule has 21 heavy (non-hydrogen) atoms. The van der Waals surface area contributed by atoms with E-state index in [4.69, 9.17) is 0 Å². The molecule has 1 N–H and O–H groups in total. The zero-order chi connectivity index (χ0) is 15.2. The van der Waals surface area contributed by atoms with Crippen LogP contribution in [0.2, 0.25) is 0 Å². The van der Waals surface area contributed by atoms with Crippen LogP contribution in [0.1, 0.15) is 63.2 Å². The lowest BCUT2D eigenvalue weighted by molar-refractivity contribution is -0.136. The van der Waals surface area contributed by atoms with E-state index in [1.54, 1.807) is 0 Å². The summed E-state index contributed by atoms with van der Waals surface area (Å²) in [5, 5.41) is 0. The molecule has 0 spiro atoms. The van der Waals surface area contributed by atoms with Crippen LogP contribution < -0.4 is 0 Å². The van der Waals surface area contributed by atoms with Gasteiger partial charge in [-0.05, 0) is 32.6 Å². The van der Waals surface area contributed by atoms with Gasteiger partial charge in [-0.1, -0.05) is 26.7 Å². The summed E-state index contributed by atoms with van der Waals surface area (Å²) in [4.78, 5) is 22.8. The molecule has 0 aliphatic heterocycles. The highest BCUT2D eigenvalue weighted by Crippen LogP contribution is 2.25. The van der Waals surface area contributed by atoms with E-state index in [1.807, 2.05) is 6.92 Å². The molecule has 0 aromatic carbocycles. The maximum atomic E-state index is 12.8. The minimum absolute atomic E-state index is 0.145. The number of unbranched alkanes of at least 4 members (excludes halogenated alkanes) is 2. The number of carbonyl (C=O) groups is 1. The number of aromatic nitrogens is 2. The van der Waals surface area contributed by atoms with Gasteiger partial charge >= 0.3 is 0 Å². The number of fused-ring (bicyclic) bond motifs is 1. The quantitative estimate of drug-likeness (QED) is 0.838. The fourth-order valence-corrected chi connectivity index (χ4v) is 3.12. The van der Waals surface area contributed by atoms with Crippen molar-refractivity contribution >= 4 is 5.91 Å². The van der Waals surface area contributed by atoms with Gasteiger partial charge in [-0.3, -0.25) is 4.79 Å². The van der Waals surface area contributed by atoms with Gasteiger partial charge in [-0.25, -0.2) is 4.98 Å². The van der Waals surface area contributed by atoms with Crippen LogP contribution in [0.3, 0.4) is 0 Å². The standard InChI is InChI=1S/C17H29N3O/c1-4-6-10-20(11-7-5-2)17(21)14-8-9-15-16(12-14)19-13(3)18-15/h14H,4-12H2,1-3H3,(H,18,19)/t14-/m1/s1. The van der Waals surface area contributed by atoms with Gasteiger partial charge < -0.3 is 9.88 Å². The third-order valence-corrected chi connectivity index (χ3v) is 4.39. The van der Waals surface area contributed by atoms with E-state index in [0.717, 1.165) is 63.9 Å². The molecule has 1 aromatic heterocycles. The molecule has 4 heteroatoms. The first kappa shape index (κ1) is 16.1. The van der Waals surface area contributed by atoms with Gasteiger partial charge in [0, 0.05) is 31.1 Å². The molecule has 0 bridgehead atoms. The van der Waals surface area contributed by atoms with Crippen molar-refractivity contribution in [1.82, 2.24) is 14.9 Å². The van der Waals surface area contributed by atoms with Crippen LogP contribution in [0, 0.1) is 12.8 Å². The number of aromatic amines is 1. The number of amides is 1. The third-order valence-electron chi connectivity index (χ3n) is 4.39. The second-order valence-corrected chi connectivity index (χ2v) is 6.22. The number of H-pyrrole nitrogens is 1. The molecule has 0 fully saturated rings. The van der Waals surface area contributed by atoms with Gasteiger partial charge in [0.1, 0.15) is 5.82 Å². The molecule has 1 aromatic rings. The smallest absolute Gasteiger partial charge is 0.226 e. The van der Waals surface area contributed by atoms with Crippen molar-refractivity contribution in [3.8, 4) is 0 Å². The molecule has 118 valence electrons. The van der Waals surface area contributed by atoms with Crippen molar-refractivity contribution in [3.05, 3.63) is 17.2 Å². The van der Waals surface area contributed by atoms with Gasteiger partial charge in [0.25, 0.3) is 0 Å². The highest BCUT2D eigenvalue weighted by molar-refractivity contribution is 5.79. The van der Waals surface area contributed by atoms with Crippen LogP contribution in [0.4, 0.5) is 0 Å². The zero-order valence-corrected chi connectivity index (χ0v) is 13.7. The molecule has 0 saturated carbocycles. The second kappa shape index (κ2) is 7.62. The number of imidazole rings is 1. The minimum Gasteiger partial charge on any atom is -0.346 e. The number of hydrogen-bond acceptors (Lipinski definition) is 2. The molecule has 1 amide bonds. The Morgan fingerprint density at radius 2 is 1.95 bits per heavy atom. The Labute approximate surface area is 128 Å². The highest BCUT2D eigenvalue weighted by atomic mass is 16.2. The lowest BCUT2D eigenvalue weighted by atomic mass is 9.88. The minimum atomic E-state index is 0.145. The van der Waals surface area contributed by atoms with Crippen LogP contribution in [-0.2, 0) is 17.6 Å². The second-order valence-electron chi connectivity index (χ2n) is 6.22. The predicted molar refractivity (Wildman–Crippen MR) is 85.2 cm³/mol.